The van der Waals surface area contributed by atoms with Crippen LogP contribution < -0.4 is 10.7 Å². The van der Waals surface area contributed by atoms with Crippen LogP contribution in [-0.4, -0.2) is 70.0 Å². The van der Waals surface area contributed by atoms with Gasteiger partial charge in [0.1, 0.15) is 5.82 Å². The van der Waals surface area contributed by atoms with Gasteiger partial charge in [-0.25, -0.2) is 15.4 Å². The summed E-state index contributed by atoms with van der Waals surface area (Å²) < 4.78 is 7.36. The topological polar surface area (TPSA) is 92.5 Å². The molecule has 2 N–H and O–H groups in total. The monoisotopic (exact) mass is 538 g/mol. The number of nitrogens with one attached hydrogen (secondary N) is 2. The molecule has 0 saturated carbocycles. The summed E-state index contributed by atoms with van der Waals surface area (Å²) in [4.78, 5) is 16.1. The van der Waals surface area contributed by atoms with Crippen LogP contribution >= 0.6 is 23.2 Å². The Morgan fingerprint density at radius 1 is 1.05 bits per heavy atom. The Bertz CT molecular complexity index is 1370. The number of benzene rings is 2. The number of halogens is 2. The van der Waals surface area contributed by atoms with Gasteiger partial charge in [-0.3, -0.25) is 4.90 Å². The second kappa shape index (κ2) is 12.3. The van der Waals surface area contributed by atoms with Crippen LogP contribution in [0.4, 0.5) is 11.8 Å². The molecule has 1 aliphatic rings. The third kappa shape index (κ3) is 6.56. The third-order valence-electron chi connectivity index (χ3n) is 6.12. The molecule has 9 nitrogen and oxygen atoms in total. The van der Waals surface area contributed by atoms with Gasteiger partial charge in [0.2, 0.25) is 5.95 Å². The van der Waals surface area contributed by atoms with E-state index >= 15 is 0 Å². The van der Waals surface area contributed by atoms with Gasteiger partial charge in [-0.1, -0.05) is 47.5 Å². The molecule has 0 atom stereocenters. The number of ether oxygens (including phenoxy) is 1. The zero-order chi connectivity index (χ0) is 25.5. The van der Waals surface area contributed by atoms with Gasteiger partial charge in [0.15, 0.2) is 5.82 Å². The fraction of sp³-hybridized carbons (Fsp3) is 0.308. The molecule has 0 aliphatic carbocycles. The highest BCUT2D eigenvalue weighted by atomic mass is 35.5. The molecule has 0 unspecified atom stereocenters. The maximum Gasteiger partial charge on any atom is 0.246 e. The number of nitrogens with zero attached hydrogens (tertiary/aromatic N) is 6. The predicted molar refractivity (Wildman–Crippen MR) is 149 cm³/mol. The van der Waals surface area contributed by atoms with E-state index < -0.39 is 0 Å². The molecular weight excluding hydrogens is 511 g/mol. The van der Waals surface area contributed by atoms with Gasteiger partial charge in [-0.2, -0.15) is 10.1 Å². The Morgan fingerprint density at radius 3 is 2.81 bits per heavy atom. The number of hydrogen-bond donors (Lipinski definition) is 2. The minimum atomic E-state index is 0.404. The van der Waals surface area contributed by atoms with Crippen molar-refractivity contribution in [1.29, 1.82) is 0 Å². The lowest BCUT2D eigenvalue weighted by Crippen LogP contribution is -2.37. The molecule has 5 rings (SSSR count). The summed E-state index contributed by atoms with van der Waals surface area (Å²) in [6, 6.07) is 13.5. The molecule has 1 aliphatic heterocycles. The minimum Gasteiger partial charge on any atom is -0.379 e. The van der Waals surface area contributed by atoms with Crippen molar-refractivity contribution in [2.75, 3.05) is 50.1 Å². The summed E-state index contributed by atoms with van der Waals surface area (Å²) in [6.45, 7) is 5.97. The molecule has 0 amide bonds. The molecule has 2 aromatic carbocycles. The van der Waals surface area contributed by atoms with Crippen molar-refractivity contribution >= 4 is 52.1 Å². The van der Waals surface area contributed by atoms with Crippen molar-refractivity contribution in [1.82, 2.24) is 24.4 Å². The van der Waals surface area contributed by atoms with Crippen molar-refractivity contribution in [3.8, 4) is 0 Å². The van der Waals surface area contributed by atoms with Crippen LogP contribution in [0.15, 0.2) is 60.0 Å². The first kappa shape index (κ1) is 25.4. The maximum atomic E-state index is 6.35. The Hall–Kier alpha value is -3.24. The Kier molecular flexibility index (Phi) is 8.47. The molecule has 0 radical (unpaired) electrons. The molecular formula is C26H28Cl2N8O. The summed E-state index contributed by atoms with van der Waals surface area (Å²) in [5.74, 6) is 1.84. The maximum absolute atomic E-state index is 6.35. The van der Waals surface area contributed by atoms with E-state index in [1.54, 1.807) is 18.5 Å². The standard InChI is InChI=1S/C26H28Cl2N8O/c27-21-7-3-5-19(24(21)28)18-36-12-10-29-23(36)17-31-34-26-32-22-8-2-1-6-20(22)25(33-26)30-9-4-11-35-13-15-37-16-14-35/h1-3,5-8,10,12,17H,4,9,11,13-16,18H2,(H2,30,32,33,34)/b31-17+. The summed E-state index contributed by atoms with van der Waals surface area (Å²) in [7, 11) is 0. The number of imidazole rings is 1. The van der Waals surface area contributed by atoms with E-state index in [9.17, 15) is 0 Å². The quantitative estimate of drug-likeness (QED) is 0.171. The van der Waals surface area contributed by atoms with Gasteiger partial charge in [-0.05, 0) is 36.7 Å². The summed E-state index contributed by atoms with van der Waals surface area (Å²) in [6.07, 6.45) is 6.22. The lowest BCUT2D eigenvalue weighted by molar-refractivity contribution is 0.0378. The molecule has 1 fully saturated rings. The number of morpholine rings is 1. The van der Waals surface area contributed by atoms with Gasteiger partial charge in [-0.15, -0.1) is 0 Å². The number of rotatable bonds is 10. The SMILES string of the molecule is Clc1cccc(Cn2ccnc2/C=N/Nc2nc(NCCCN3CCOCC3)c3ccccc3n2)c1Cl. The lowest BCUT2D eigenvalue weighted by Gasteiger charge is -2.26. The molecule has 0 spiro atoms. The number of aromatic nitrogens is 4. The van der Waals surface area contributed by atoms with Crippen LogP contribution in [0.2, 0.25) is 10.0 Å². The number of anilines is 2. The van der Waals surface area contributed by atoms with Crippen LogP contribution in [0, 0.1) is 0 Å². The molecule has 11 heteroatoms. The summed E-state index contributed by atoms with van der Waals surface area (Å²) >= 11 is 12.5. The number of hydrogen-bond acceptors (Lipinski definition) is 8. The smallest absolute Gasteiger partial charge is 0.246 e. The summed E-state index contributed by atoms with van der Waals surface area (Å²) in [5, 5.41) is 9.85. The van der Waals surface area contributed by atoms with E-state index in [1.807, 2.05) is 47.2 Å². The van der Waals surface area contributed by atoms with Crippen LogP contribution in [-0.2, 0) is 11.3 Å². The number of hydrazone groups is 1. The van der Waals surface area contributed by atoms with E-state index in [0.717, 1.165) is 68.1 Å². The average molecular weight is 539 g/mol. The van der Waals surface area contributed by atoms with Gasteiger partial charge in [0.05, 0.1) is 41.5 Å². The van der Waals surface area contributed by atoms with Gasteiger partial charge >= 0.3 is 0 Å². The van der Waals surface area contributed by atoms with E-state index in [0.29, 0.717) is 28.4 Å². The first-order valence-electron chi connectivity index (χ1n) is 12.2. The van der Waals surface area contributed by atoms with E-state index in [4.69, 9.17) is 27.9 Å². The average Bonchev–Trinajstić information content (AvgIpc) is 3.36. The van der Waals surface area contributed by atoms with Gasteiger partial charge < -0.3 is 14.6 Å². The molecule has 4 aromatic rings. The molecule has 1 saturated heterocycles. The van der Waals surface area contributed by atoms with Crippen molar-refractivity contribution in [2.24, 2.45) is 5.10 Å². The van der Waals surface area contributed by atoms with Crippen molar-refractivity contribution in [2.45, 2.75) is 13.0 Å². The molecule has 2 aromatic heterocycles. The van der Waals surface area contributed by atoms with Crippen LogP contribution in [0.25, 0.3) is 10.9 Å². The van der Waals surface area contributed by atoms with E-state index in [2.05, 4.69) is 35.7 Å². The van der Waals surface area contributed by atoms with Crippen molar-refractivity contribution in [3.05, 3.63) is 76.3 Å². The summed E-state index contributed by atoms with van der Waals surface area (Å²) in [5.41, 5.74) is 4.69. The molecule has 3 heterocycles. The van der Waals surface area contributed by atoms with E-state index in [-0.39, 0.29) is 0 Å². The number of para-hydroxylation sites is 1. The zero-order valence-electron chi connectivity index (χ0n) is 20.3. The second-order valence-corrected chi connectivity index (χ2v) is 9.43. The van der Waals surface area contributed by atoms with Crippen LogP contribution in [0.5, 0.6) is 0 Å². The second-order valence-electron chi connectivity index (χ2n) is 8.64. The zero-order valence-corrected chi connectivity index (χ0v) is 21.8. The van der Waals surface area contributed by atoms with E-state index in [1.165, 1.54) is 0 Å². The Balaban J connectivity index is 1.24. The van der Waals surface area contributed by atoms with Crippen molar-refractivity contribution < 1.29 is 4.74 Å². The predicted octanol–water partition coefficient (Wildman–Crippen LogP) is 4.76. The highest BCUT2D eigenvalue weighted by Crippen LogP contribution is 2.26. The fourth-order valence-corrected chi connectivity index (χ4v) is 4.56. The fourth-order valence-electron chi connectivity index (χ4n) is 4.18. The highest BCUT2D eigenvalue weighted by Gasteiger charge is 2.11. The third-order valence-corrected chi connectivity index (χ3v) is 6.97. The Labute approximate surface area is 225 Å². The largest absolute Gasteiger partial charge is 0.379 e. The highest BCUT2D eigenvalue weighted by molar-refractivity contribution is 6.42. The minimum absolute atomic E-state index is 0.404. The first-order valence-corrected chi connectivity index (χ1v) is 13.0. The lowest BCUT2D eigenvalue weighted by atomic mass is 10.2. The normalized spacial score (nSPS) is 14.4. The van der Waals surface area contributed by atoms with Crippen molar-refractivity contribution in [3.63, 3.8) is 0 Å². The molecule has 37 heavy (non-hydrogen) atoms. The van der Waals surface area contributed by atoms with Crippen LogP contribution in [0.1, 0.15) is 17.8 Å². The first-order chi connectivity index (χ1) is 18.2. The Morgan fingerprint density at radius 2 is 1.92 bits per heavy atom. The molecule has 0 bridgehead atoms. The number of fused-ring (bicyclic) bond motifs is 1. The van der Waals surface area contributed by atoms with Crippen LogP contribution in [0.3, 0.4) is 0 Å². The molecule has 192 valence electrons. The van der Waals surface area contributed by atoms with Gasteiger partial charge in [0, 0.05) is 37.4 Å². The van der Waals surface area contributed by atoms with Gasteiger partial charge in [0.25, 0.3) is 0 Å².